The first-order valence-electron chi connectivity index (χ1n) is 28.3. The van der Waals surface area contributed by atoms with Crippen molar-refractivity contribution in [1.29, 1.82) is 0 Å². The fraction of sp³-hybridized carbons (Fsp3) is 0.118. The van der Waals surface area contributed by atoms with Crippen molar-refractivity contribution in [2.45, 2.75) is 51.9 Å². The number of para-hydroxylation sites is 4. The van der Waals surface area contributed by atoms with Crippen LogP contribution in [0.3, 0.4) is 0 Å². The number of benzene rings is 8. The quantitative estimate of drug-likeness (QED) is 0.0843. The van der Waals surface area contributed by atoms with Crippen LogP contribution < -0.4 is 22.1 Å². The van der Waals surface area contributed by atoms with Gasteiger partial charge in [0.05, 0.1) is 27.8 Å². The molecule has 460 valence electrons. The van der Waals surface area contributed by atoms with Gasteiger partial charge in [-0.25, -0.2) is 54.5 Å². The van der Waals surface area contributed by atoms with Crippen LogP contribution in [0.1, 0.15) is 74.1 Å². The molecule has 23 heteroatoms. The highest BCUT2D eigenvalue weighted by Crippen LogP contribution is 2.27. The molecule has 14 rings (SSSR count). The number of aromatic amines is 1. The lowest BCUT2D eigenvalue weighted by molar-refractivity contribution is 0.818. The molecule has 0 amide bonds. The summed E-state index contributed by atoms with van der Waals surface area (Å²) >= 11 is 21.8. The van der Waals surface area contributed by atoms with E-state index < -0.39 is 0 Å². The Bertz CT molecular complexity index is 4260. The minimum atomic E-state index is 0.119. The lowest BCUT2D eigenvalue weighted by Crippen LogP contribution is -2.09. The van der Waals surface area contributed by atoms with Gasteiger partial charge < -0.3 is 22.1 Å². The van der Waals surface area contributed by atoms with Crippen molar-refractivity contribution >= 4 is 126 Å². The van der Waals surface area contributed by atoms with E-state index in [9.17, 15) is 0 Å². The second kappa shape index (κ2) is 35.4. The van der Waals surface area contributed by atoms with Crippen LogP contribution in [0, 0.1) is 0 Å². The van der Waals surface area contributed by atoms with Gasteiger partial charge in [-0.15, -0.1) is 0 Å². The minimum Gasteiger partial charge on any atom is -0.363 e. The number of fused-ring (bicyclic) bond motifs is 4. The largest absolute Gasteiger partial charge is 0.363 e. The third kappa shape index (κ3) is 21.0. The van der Waals surface area contributed by atoms with Crippen LogP contribution in [0.15, 0.2) is 258 Å². The van der Waals surface area contributed by atoms with Crippen molar-refractivity contribution in [1.82, 2.24) is 69.8 Å². The van der Waals surface area contributed by atoms with Crippen LogP contribution in [-0.2, 0) is 0 Å². The molecular weight excluding hydrogens is 1380 g/mol. The number of hydrogen-bond donors (Lipinski definition) is 5. The topological polar surface area (TPSA) is 251 Å². The lowest BCUT2D eigenvalue weighted by Gasteiger charge is -2.16. The molecule has 91 heavy (non-hydrogen) atoms. The van der Waals surface area contributed by atoms with Crippen LogP contribution >= 0.6 is 71.0 Å². The molecule has 0 bridgehead atoms. The number of aromatic nitrogens is 14. The molecule has 18 nitrogen and oxygen atoms in total. The van der Waals surface area contributed by atoms with E-state index in [4.69, 9.17) is 34.7 Å². The van der Waals surface area contributed by atoms with E-state index in [0.29, 0.717) is 10.3 Å². The third-order valence-electron chi connectivity index (χ3n) is 13.3. The molecule has 0 aliphatic carbocycles. The zero-order valence-corrected chi connectivity index (χ0v) is 56.0. The zero-order chi connectivity index (χ0) is 64.3. The molecule has 0 aliphatic heterocycles. The molecule has 0 fully saturated rings. The Morgan fingerprint density at radius 3 is 1.08 bits per heavy atom. The van der Waals surface area contributed by atoms with Gasteiger partial charge in [-0.05, 0) is 147 Å². The Morgan fingerprint density at radius 1 is 0.396 bits per heavy atom. The highest BCUT2D eigenvalue weighted by Gasteiger charge is 2.12. The first kappa shape index (κ1) is 67.9. The number of rotatable bonds is 9. The highest BCUT2D eigenvalue weighted by atomic mass is 79.9. The highest BCUT2D eigenvalue weighted by molar-refractivity contribution is 9.11. The minimum absolute atomic E-state index is 0.119. The molecule has 0 spiro atoms. The maximum Gasteiger partial charge on any atom is 0.140 e. The fourth-order valence-electron chi connectivity index (χ4n) is 8.47. The number of anilines is 2. The maximum absolute atomic E-state index is 5.81. The number of nitrogens with two attached hydrogens (primary N) is 2. The molecule has 0 saturated heterocycles. The van der Waals surface area contributed by atoms with E-state index in [1.165, 1.54) is 53.9 Å². The Morgan fingerprint density at radius 2 is 0.747 bits per heavy atom. The van der Waals surface area contributed by atoms with Gasteiger partial charge in [0.25, 0.3) is 0 Å². The molecule has 0 aliphatic rings. The van der Waals surface area contributed by atoms with Gasteiger partial charge in [0.1, 0.15) is 72.6 Å². The van der Waals surface area contributed by atoms with E-state index in [-0.39, 0.29) is 24.2 Å². The number of nitrogens with zero attached hydrogens (tertiary/aromatic N) is 13. The maximum atomic E-state index is 5.81. The molecule has 6 heterocycles. The normalized spacial score (nSPS) is 11.7. The second-order valence-corrected chi connectivity index (χ2v) is 23.4. The van der Waals surface area contributed by atoms with Crippen molar-refractivity contribution in [3.63, 3.8) is 0 Å². The van der Waals surface area contributed by atoms with Crippen molar-refractivity contribution in [3.05, 3.63) is 291 Å². The van der Waals surface area contributed by atoms with Crippen molar-refractivity contribution in [2.75, 3.05) is 10.6 Å². The SMILES string of the molecule is CC(N)c1ccc(Br)cc1.CC(N)c1ccc(Br)cc1.CC(Nc1ncnc2ccccc12)c1ccc(-n2cncn2)cc1.CC(Nc1ncnc2ccccc12)c1ccc(Br)cc1.Clc1ncnc2ccccc12.Clc1ncnc2ccccc12.c1nc[nH]n1. The van der Waals surface area contributed by atoms with Crippen LogP contribution in [-0.4, -0.2) is 69.8 Å². The van der Waals surface area contributed by atoms with E-state index in [0.717, 1.165) is 74.4 Å². The Labute approximate surface area is 562 Å². The number of halogens is 5. The average Bonchev–Trinajstić information content (AvgIpc) is 2.67. The van der Waals surface area contributed by atoms with Crippen molar-refractivity contribution in [3.8, 4) is 5.69 Å². The molecule has 7 N–H and O–H groups in total. The number of hydrogen-bond acceptors (Lipinski definition) is 16. The summed E-state index contributed by atoms with van der Waals surface area (Å²) in [6, 6.07) is 64.4. The lowest BCUT2D eigenvalue weighted by atomic mass is 10.1. The fourth-order valence-corrected chi connectivity index (χ4v) is 9.67. The predicted molar refractivity (Wildman–Crippen MR) is 378 cm³/mol. The van der Waals surface area contributed by atoms with Crippen LogP contribution in [0.5, 0.6) is 0 Å². The summed E-state index contributed by atoms with van der Waals surface area (Å²) < 4.78 is 5.01. The molecule has 4 unspecified atom stereocenters. The predicted octanol–water partition coefficient (Wildman–Crippen LogP) is 17.3. The van der Waals surface area contributed by atoms with Crippen LogP contribution in [0.25, 0.3) is 49.3 Å². The summed E-state index contributed by atoms with van der Waals surface area (Å²) in [5.74, 6) is 1.71. The Balaban J connectivity index is 0.000000144. The van der Waals surface area contributed by atoms with Gasteiger partial charge in [0.15, 0.2) is 0 Å². The van der Waals surface area contributed by atoms with Gasteiger partial charge >= 0.3 is 0 Å². The number of nitrogens with one attached hydrogen (secondary N) is 3. The van der Waals surface area contributed by atoms with Crippen LogP contribution in [0.2, 0.25) is 10.3 Å². The molecule has 4 atom stereocenters. The monoisotopic (exact) mass is 1440 g/mol. The summed E-state index contributed by atoms with van der Waals surface area (Å²) in [5.41, 5.74) is 20.7. The zero-order valence-electron chi connectivity index (χ0n) is 49.8. The van der Waals surface area contributed by atoms with E-state index >= 15 is 0 Å². The van der Waals surface area contributed by atoms with Gasteiger partial charge in [0.2, 0.25) is 0 Å². The third-order valence-corrected chi connectivity index (χ3v) is 15.5. The second-order valence-electron chi connectivity index (χ2n) is 19.9. The first-order chi connectivity index (χ1) is 44.2. The van der Waals surface area contributed by atoms with Crippen LogP contribution in [0.4, 0.5) is 11.6 Å². The summed E-state index contributed by atoms with van der Waals surface area (Å²) in [4.78, 5) is 40.7. The molecular formula is C68H63Br3Cl2N18. The molecule has 0 radical (unpaired) electrons. The van der Waals surface area contributed by atoms with E-state index in [1.807, 2.05) is 184 Å². The summed E-state index contributed by atoms with van der Waals surface area (Å²) in [5, 5.41) is 21.9. The molecule has 0 saturated carbocycles. The summed E-state index contributed by atoms with van der Waals surface area (Å²) in [6.07, 6.45) is 12.3. The first-order valence-corrected chi connectivity index (χ1v) is 31.5. The van der Waals surface area contributed by atoms with Gasteiger partial charge in [-0.2, -0.15) is 10.2 Å². The van der Waals surface area contributed by atoms with Crippen molar-refractivity contribution < 1.29 is 0 Å². The number of H-pyrrole nitrogens is 1. The summed E-state index contributed by atoms with van der Waals surface area (Å²) in [6.45, 7) is 8.19. The van der Waals surface area contributed by atoms with E-state index in [2.05, 4.69) is 162 Å². The average molecular weight is 1440 g/mol. The van der Waals surface area contributed by atoms with Gasteiger partial charge in [-0.3, -0.25) is 5.10 Å². The Hall–Kier alpha value is -9.06. The standard InChI is InChI=1S/C18H16N6.C16H14BrN3.2C8H10BrN.2C8H5ClN2.C2H3N3/c1-13(14-6-8-15(9-7-14)24-12-19-10-22-24)23-18-16-4-2-3-5-17(16)20-11-21-18;1-11(12-6-8-13(17)9-7-12)20-16-14-4-2-3-5-15(14)18-10-19-16;2*1-6(10)7-2-4-8(9)5-3-7;2*9-8-6-3-1-2-4-7(6)10-5-11-8;1-3-2-5-4-1/h2-13H,1H3,(H,20,21,23);2-11H,1H3,(H,18,19,20);2*2-6H,10H2,1H3;2*1-5H;1-2H,(H,3,4,5). The molecule has 8 aromatic carbocycles. The van der Waals surface area contributed by atoms with Gasteiger partial charge in [-0.1, -0.05) is 168 Å². The smallest absolute Gasteiger partial charge is 0.140 e. The van der Waals surface area contributed by atoms with Gasteiger partial charge in [0, 0.05) is 59.1 Å². The molecule has 6 aromatic heterocycles. The molecule has 14 aromatic rings. The van der Waals surface area contributed by atoms with E-state index in [1.54, 1.807) is 23.7 Å². The van der Waals surface area contributed by atoms with Crippen molar-refractivity contribution in [2.24, 2.45) is 11.5 Å². The summed E-state index contributed by atoms with van der Waals surface area (Å²) in [7, 11) is 0. The Kier molecular flexibility index (Phi) is 26.4.